The fourth-order valence-electron chi connectivity index (χ4n) is 2.02. The molecule has 1 unspecified atom stereocenters. The number of hydrogen-bond donors (Lipinski definition) is 1. The third-order valence-electron chi connectivity index (χ3n) is 3.04. The van der Waals surface area contributed by atoms with Gasteiger partial charge in [0.25, 0.3) is 0 Å². The molecule has 0 spiro atoms. The van der Waals surface area contributed by atoms with Crippen LogP contribution in [-0.4, -0.2) is 31.1 Å². The number of nitrogens with one attached hydrogen (secondary N) is 1. The standard InChI is InChI=1S/C13H12ClN5O2S/c1-19-12-8(6-17-19)5-16-13(21-2)11(12)18-22(20)9-3-4-10(14)15-7-9/h3-7,18H,1-2H3. The van der Waals surface area contributed by atoms with Crippen molar-refractivity contribution in [3.05, 3.63) is 35.9 Å². The Morgan fingerprint density at radius 2 is 2.09 bits per heavy atom. The number of hydrogen-bond acceptors (Lipinski definition) is 5. The number of rotatable bonds is 4. The summed E-state index contributed by atoms with van der Waals surface area (Å²) in [6.45, 7) is 0. The highest BCUT2D eigenvalue weighted by Crippen LogP contribution is 2.31. The second kappa shape index (κ2) is 5.90. The van der Waals surface area contributed by atoms with E-state index in [0.717, 1.165) is 10.9 Å². The molecule has 3 heterocycles. The van der Waals surface area contributed by atoms with Crippen LogP contribution in [-0.2, 0) is 18.0 Å². The van der Waals surface area contributed by atoms with Gasteiger partial charge in [-0.05, 0) is 12.1 Å². The number of halogens is 1. The van der Waals surface area contributed by atoms with Crippen molar-refractivity contribution in [3.63, 3.8) is 0 Å². The van der Waals surface area contributed by atoms with Gasteiger partial charge in [0.1, 0.15) is 10.8 Å². The van der Waals surface area contributed by atoms with Crippen molar-refractivity contribution in [1.82, 2.24) is 19.7 Å². The van der Waals surface area contributed by atoms with E-state index in [9.17, 15) is 4.21 Å². The van der Waals surface area contributed by atoms with Gasteiger partial charge in [-0.15, -0.1) is 0 Å². The Kier molecular flexibility index (Phi) is 3.95. The van der Waals surface area contributed by atoms with Crippen LogP contribution in [0.2, 0.25) is 5.15 Å². The number of anilines is 1. The maximum Gasteiger partial charge on any atom is 0.240 e. The summed E-state index contributed by atoms with van der Waals surface area (Å²) in [5.41, 5.74) is 1.26. The molecule has 0 aromatic carbocycles. The molecule has 0 radical (unpaired) electrons. The minimum atomic E-state index is -1.54. The summed E-state index contributed by atoms with van der Waals surface area (Å²) in [5, 5.41) is 5.33. The first-order chi connectivity index (χ1) is 10.6. The average Bonchev–Trinajstić information content (AvgIpc) is 2.90. The van der Waals surface area contributed by atoms with E-state index in [0.29, 0.717) is 21.6 Å². The van der Waals surface area contributed by atoms with E-state index in [-0.39, 0.29) is 0 Å². The van der Waals surface area contributed by atoms with Crippen molar-refractivity contribution >= 4 is 39.2 Å². The van der Waals surface area contributed by atoms with Crippen LogP contribution in [0.1, 0.15) is 0 Å². The summed E-state index contributed by atoms with van der Waals surface area (Å²) in [4.78, 5) is 8.60. The summed E-state index contributed by atoms with van der Waals surface area (Å²) in [6, 6.07) is 3.22. The van der Waals surface area contributed by atoms with Crippen molar-refractivity contribution < 1.29 is 8.95 Å². The first-order valence-electron chi connectivity index (χ1n) is 6.25. The molecule has 3 rings (SSSR count). The molecule has 0 bridgehead atoms. The van der Waals surface area contributed by atoms with Crippen molar-refractivity contribution in [2.75, 3.05) is 11.8 Å². The van der Waals surface area contributed by atoms with Crippen molar-refractivity contribution in [3.8, 4) is 5.88 Å². The van der Waals surface area contributed by atoms with E-state index >= 15 is 0 Å². The lowest BCUT2D eigenvalue weighted by molar-refractivity contribution is 0.401. The van der Waals surface area contributed by atoms with Crippen LogP contribution in [0.15, 0.2) is 35.6 Å². The van der Waals surface area contributed by atoms with Crippen molar-refractivity contribution in [2.45, 2.75) is 4.90 Å². The molecule has 0 aliphatic carbocycles. The lowest BCUT2D eigenvalue weighted by Crippen LogP contribution is -2.09. The van der Waals surface area contributed by atoms with Crippen LogP contribution in [0.4, 0.5) is 5.69 Å². The maximum atomic E-state index is 12.5. The van der Waals surface area contributed by atoms with E-state index in [1.807, 2.05) is 0 Å². The summed E-state index contributed by atoms with van der Waals surface area (Å²) in [5.74, 6) is 0.339. The number of aromatic nitrogens is 4. The molecule has 3 aromatic heterocycles. The molecule has 1 atom stereocenters. The van der Waals surface area contributed by atoms with Gasteiger partial charge >= 0.3 is 0 Å². The van der Waals surface area contributed by atoms with Gasteiger partial charge in [-0.2, -0.15) is 5.10 Å². The summed E-state index contributed by atoms with van der Waals surface area (Å²) in [6.07, 6.45) is 4.79. The maximum absolute atomic E-state index is 12.5. The molecule has 1 N–H and O–H groups in total. The van der Waals surface area contributed by atoms with Gasteiger partial charge in [-0.25, -0.2) is 14.2 Å². The smallest absolute Gasteiger partial charge is 0.240 e. The van der Waals surface area contributed by atoms with Crippen LogP contribution in [0.5, 0.6) is 5.88 Å². The monoisotopic (exact) mass is 337 g/mol. The average molecular weight is 338 g/mol. The largest absolute Gasteiger partial charge is 0.479 e. The van der Waals surface area contributed by atoms with Gasteiger partial charge in [-0.3, -0.25) is 9.40 Å². The minimum absolute atomic E-state index is 0.339. The summed E-state index contributed by atoms with van der Waals surface area (Å²) < 4.78 is 22.3. The molecule has 0 saturated carbocycles. The van der Waals surface area contributed by atoms with E-state index < -0.39 is 11.0 Å². The van der Waals surface area contributed by atoms with Gasteiger partial charge in [0.2, 0.25) is 5.88 Å². The number of ether oxygens (including phenoxy) is 1. The third kappa shape index (κ3) is 2.62. The van der Waals surface area contributed by atoms with E-state index in [1.165, 1.54) is 13.3 Å². The van der Waals surface area contributed by atoms with Gasteiger partial charge in [0, 0.05) is 24.8 Å². The number of pyridine rings is 2. The molecule has 0 aliphatic rings. The fourth-order valence-corrected chi connectivity index (χ4v) is 2.96. The number of nitrogens with zero attached hydrogens (tertiary/aromatic N) is 4. The van der Waals surface area contributed by atoms with Crippen LogP contribution in [0, 0.1) is 0 Å². The molecule has 0 fully saturated rings. The lowest BCUT2D eigenvalue weighted by Gasteiger charge is -2.11. The van der Waals surface area contributed by atoms with E-state index in [2.05, 4.69) is 19.8 Å². The molecular formula is C13H12ClN5O2S. The highest BCUT2D eigenvalue weighted by molar-refractivity contribution is 7.86. The number of aryl methyl sites for hydroxylation is 1. The van der Waals surface area contributed by atoms with Crippen LogP contribution < -0.4 is 9.46 Å². The van der Waals surface area contributed by atoms with Crippen LogP contribution in [0.25, 0.3) is 10.9 Å². The predicted octanol–water partition coefficient (Wildman–Crippen LogP) is 2.16. The molecule has 0 aliphatic heterocycles. The molecule has 0 saturated heterocycles. The van der Waals surface area contributed by atoms with Crippen molar-refractivity contribution in [1.29, 1.82) is 0 Å². The van der Waals surface area contributed by atoms with E-state index in [4.69, 9.17) is 16.3 Å². The number of fused-ring (bicyclic) bond motifs is 1. The zero-order chi connectivity index (χ0) is 15.7. The summed E-state index contributed by atoms with van der Waals surface area (Å²) >= 11 is 5.74. The Morgan fingerprint density at radius 1 is 1.27 bits per heavy atom. The van der Waals surface area contributed by atoms with Crippen molar-refractivity contribution in [2.24, 2.45) is 7.05 Å². The first kappa shape index (κ1) is 14.7. The molecule has 7 nitrogen and oxygen atoms in total. The molecule has 3 aromatic rings. The minimum Gasteiger partial charge on any atom is -0.479 e. The van der Waals surface area contributed by atoms with E-state index in [1.54, 1.807) is 36.3 Å². The van der Waals surface area contributed by atoms with Gasteiger partial charge in [0.15, 0.2) is 11.0 Å². The first-order valence-corrected chi connectivity index (χ1v) is 7.77. The predicted molar refractivity (Wildman–Crippen MR) is 84.3 cm³/mol. The van der Waals surface area contributed by atoms with Gasteiger partial charge in [0.05, 0.1) is 23.7 Å². The molecule has 114 valence electrons. The van der Waals surface area contributed by atoms with Crippen LogP contribution in [0.3, 0.4) is 0 Å². The van der Waals surface area contributed by atoms with Crippen LogP contribution >= 0.6 is 11.6 Å². The highest BCUT2D eigenvalue weighted by atomic mass is 35.5. The zero-order valence-corrected chi connectivity index (χ0v) is 13.4. The lowest BCUT2D eigenvalue weighted by atomic mass is 10.3. The second-order valence-corrected chi connectivity index (χ2v) is 6.00. The fraction of sp³-hybridized carbons (Fsp3) is 0.154. The normalized spacial score (nSPS) is 12.3. The highest BCUT2D eigenvalue weighted by Gasteiger charge is 2.16. The Labute approximate surface area is 133 Å². The molecular weight excluding hydrogens is 326 g/mol. The Morgan fingerprint density at radius 3 is 2.77 bits per heavy atom. The zero-order valence-electron chi connectivity index (χ0n) is 11.8. The SMILES string of the molecule is COc1ncc2cnn(C)c2c1NS(=O)c1ccc(Cl)nc1. The molecule has 0 amide bonds. The van der Waals surface area contributed by atoms with Gasteiger partial charge in [-0.1, -0.05) is 11.6 Å². The second-order valence-electron chi connectivity index (χ2n) is 4.40. The Bertz CT molecular complexity index is 850. The summed E-state index contributed by atoms with van der Waals surface area (Å²) in [7, 11) is 1.76. The number of methoxy groups -OCH3 is 1. The molecule has 9 heteroatoms. The topological polar surface area (TPSA) is 81.9 Å². The third-order valence-corrected chi connectivity index (χ3v) is 4.32. The Balaban J connectivity index is 2.04. The molecule has 22 heavy (non-hydrogen) atoms. The quantitative estimate of drug-likeness (QED) is 0.738. The Hall–Kier alpha value is -2.19. The van der Waals surface area contributed by atoms with Gasteiger partial charge < -0.3 is 4.74 Å².